The first kappa shape index (κ1) is 18.7. The van der Waals surface area contributed by atoms with Gasteiger partial charge in [-0.3, -0.25) is 4.79 Å². The molecule has 1 atom stereocenters. The molecule has 0 spiro atoms. The number of pyridine rings is 1. The number of carbonyl (C=O) groups is 1. The highest BCUT2D eigenvalue weighted by atomic mass is 32.2. The lowest BCUT2D eigenvalue weighted by molar-refractivity contribution is -0.137. The molecule has 0 bridgehead atoms. The zero-order valence-electron chi connectivity index (χ0n) is 15.1. The van der Waals surface area contributed by atoms with E-state index in [-0.39, 0.29) is 12.5 Å². The number of aryl methyl sites for hydroxylation is 1. The Morgan fingerprint density at radius 2 is 2.15 bits per heavy atom. The second kappa shape index (κ2) is 8.57. The Balaban J connectivity index is 1.43. The van der Waals surface area contributed by atoms with Gasteiger partial charge < -0.3 is 9.84 Å². The molecule has 1 aromatic carbocycles. The van der Waals surface area contributed by atoms with Crippen LogP contribution in [-0.2, 0) is 11.2 Å². The highest BCUT2D eigenvalue weighted by molar-refractivity contribution is 8.02. The molecule has 0 amide bonds. The first-order chi connectivity index (χ1) is 13.2. The Bertz CT molecular complexity index is 823. The molecule has 4 rings (SSSR count). The smallest absolute Gasteiger partial charge is 0.303 e. The maximum Gasteiger partial charge on any atom is 0.303 e. The van der Waals surface area contributed by atoms with Crippen molar-refractivity contribution in [1.29, 1.82) is 0 Å². The average molecular weight is 402 g/mol. The minimum Gasteiger partial charge on any atom is -0.490 e. The third-order valence-corrected chi connectivity index (χ3v) is 7.56. The Labute approximate surface area is 168 Å². The number of rotatable bonds is 7. The lowest BCUT2D eigenvalue weighted by Gasteiger charge is -2.26. The second-order valence-corrected chi connectivity index (χ2v) is 9.46. The van der Waals surface area contributed by atoms with E-state index in [0.717, 1.165) is 28.9 Å². The van der Waals surface area contributed by atoms with E-state index in [1.807, 2.05) is 30.1 Å². The average Bonchev–Trinajstić information content (AvgIpc) is 2.64. The lowest BCUT2D eigenvalue weighted by Crippen LogP contribution is -2.23. The molecular formula is C21H23NO3S2. The molecule has 1 fully saturated rings. The van der Waals surface area contributed by atoms with E-state index in [1.54, 1.807) is 11.8 Å². The van der Waals surface area contributed by atoms with Crippen molar-refractivity contribution in [2.24, 2.45) is 0 Å². The molecule has 1 N–H and O–H groups in total. The van der Waals surface area contributed by atoms with Gasteiger partial charge in [-0.05, 0) is 68.0 Å². The maximum absolute atomic E-state index is 10.8. The van der Waals surface area contributed by atoms with Gasteiger partial charge in [-0.15, -0.1) is 11.8 Å². The molecule has 2 aromatic rings. The van der Waals surface area contributed by atoms with Gasteiger partial charge in [0.25, 0.3) is 0 Å². The number of aromatic nitrogens is 1. The van der Waals surface area contributed by atoms with Crippen LogP contribution in [0, 0.1) is 0 Å². The fraction of sp³-hybridized carbons (Fsp3) is 0.429. The van der Waals surface area contributed by atoms with E-state index in [9.17, 15) is 4.79 Å². The number of nitrogens with zero attached hydrogens (tertiary/aromatic N) is 1. The molecule has 2 heterocycles. The van der Waals surface area contributed by atoms with Crippen LogP contribution in [0.25, 0.3) is 0 Å². The molecule has 27 heavy (non-hydrogen) atoms. The van der Waals surface area contributed by atoms with Crippen LogP contribution in [0.15, 0.2) is 51.3 Å². The number of carboxylic acids is 1. The van der Waals surface area contributed by atoms with Gasteiger partial charge in [0.2, 0.25) is 0 Å². The Hall–Kier alpha value is -1.66. The predicted molar refractivity (Wildman–Crippen MR) is 108 cm³/mol. The zero-order chi connectivity index (χ0) is 18.6. The summed E-state index contributed by atoms with van der Waals surface area (Å²) < 4.78 is 6.00. The molecule has 2 aliphatic rings. The molecule has 1 saturated carbocycles. The normalized spacial score (nSPS) is 19.0. The van der Waals surface area contributed by atoms with Gasteiger partial charge in [0.05, 0.1) is 6.10 Å². The van der Waals surface area contributed by atoms with Crippen LogP contribution in [-0.4, -0.2) is 27.4 Å². The topological polar surface area (TPSA) is 59.4 Å². The lowest BCUT2D eigenvalue weighted by atomic mass is 9.99. The molecule has 1 aliphatic heterocycles. The van der Waals surface area contributed by atoms with Crippen LogP contribution in [0.2, 0.25) is 0 Å². The van der Waals surface area contributed by atoms with Crippen LogP contribution < -0.4 is 4.74 Å². The minimum atomic E-state index is -0.761. The van der Waals surface area contributed by atoms with Gasteiger partial charge in [-0.25, -0.2) is 4.98 Å². The molecule has 1 aromatic heterocycles. The first-order valence-corrected chi connectivity index (χ1v) is 11.2. The number of aliphatic carboxylic acids is 1. The van der Waals surface area contributed by atoms with Crippen molar-refractivity contribution in [1.82, 2.24) is 4.98 Å². The van der Waals surface area contributed by atoms with E-state index in [1.165, 1.54) is 34.6 Å². The van der Waals surface area contributed by atoms with Crippen LogP contribution in [0.5, 0.6) is 5.75 Å². The molecule has 0 saturated heterocycles. The number of hydrogen-bond donors (Lipinski definition) is 1. The van der Waals surface area contributed by atoms with Gasteiger partial charge in [-0.2, -0.15) is 0 Å². The molecule has 1 aliphatic carbocycles. The third kappa shape index (κ3) is 4.79. The summed E-state index contributed by atoms with van der Waals surface area (Å²) in [5.41, 5.74) is 1.21. The van der Waals surface area contributed by atoms with Crippen molar-refractivity contribution in [2.75, 3.05) is 0 Å². The Morgan fingerprint density at radius 1 is 1.26 bits per heavy atom. The number of thioether (sulfide) groups is 1. The summed E-state index contributed by atoms with van der Waals surface area (Å²) in [7, 11) is 0. The van der Waals surface area contributed by atoms with Crippen LogP contribution in [0.4, 0.5) is 0 Å². The van der Waals surface area contributed by atoms with E-state index in [2.05, 4.69) is 23.2 Å². The van der Waals surface area contributed by atoms with Crippen molar-refractivity contribution in [3.05, 3.63) is 42.1 Å². The summed E-state index contributed by atoms with van der Waals surface area (Å²) in [6.45, 7) is 0. The van der Waals surface area contributed by atoms with Crippen molar-refractivity contribution in [2.45, 2.75) is 71.1 Å². The number of hydrogen-bond acceptors (Lipinski definition) is 5. The largest absolute Gasteiger partial charge is 0.490 e. The second-order valence-electron chi connectivity index (χ2n) is 7.06. The summed E-state index contributed by atoms with van der Waals surface area (Å²) in [5, 5.41) is 10.7. The molecule has 6 heteroatoms. The summed E-state index contributed by atoms with van der Waals surface area (Å²) in [6, 6.07) is 10.5. The molecule has 142 valence electrons. The Kier molecular flexibility index (Phi) is 5.93. The van der Waals surface area contributed by atoms with Gasteiger partial charge in [0.1, 0.15) is 10.8 Å². The summed E-state index contributed by atoms with van der Waals surface area (Å²) >= 11 is 3.67. The predicted octanol–water partition coefficient (Wildman–Crippen LogP) is 5.44. The van der Waals surface area contributed by atoms with E-state index >= 15 is 0 Å². The van der Waals surface area contributed by atoms with Crippen LogP contribution in [0.1, 0.15) is 44.1 Å². The van der Waals surface area contributed by atoms with E-state index in [0.29, 0.717) is 6.42 Å². The van der Waals surface area contributed by atoms with E-state index < -0.39 is 5.97 Å². The van der Waals surface area contributed by atoms with Crippen molar-refractivity contribution >= 4 is 29.5 Å². The SMILES string of the molecule is O=C(O)CCC1CCc2cc(Sc3cccnc3SC3CCC3)ccc2O1. The number of fused-ring (bicyclic) bond motifs is 1. The number of carboxylic acid groups (broad SMARTS) is 1. The summed E-state index contributed by atoms with van der Waals surface area (Å²) in [5.74, 6) is 0.138. The highest BCUT2D eigenvalue weighted by Crippen LogP contribution is 2.42. The summed E-state index contributed by atoms with van der Waals surface area (Å²) in [4.78, 5) is 17.8. The molecule has 0 radical (unpaired) electrons. The number of benzene rings is 1. The van der Waals surface area contributed by atoms with E-state index in [4.69, 9.17) is 9.84 Å². The third-order valence-electron chi connectivity index (χ3n) is 5.04. The minimum absolute atomic E-state index is 0.0101. The first-order valence-electron chi connectivity index (χ1n) is 9.48. The molecule has 1 unspecified atom stereocenters. The summed E-state index contributed by atoms with van der Waals surface area (Å²) in [6.07, 6.45) is 8.37. The van der Waals surface area contributed by atoms with Crippen molar-refractivity contribution in [3.63, 3.8) is 0 Å². The standard InChI is InChI=1S/C21H23NO3S2/c23-20(24)11-8-15-7-6-14-13-17(9-10-18(14)25-15)26-19-5-2-12-22-21(19)27-16-3-1-4-16/h2,5,9-10,12-13,15-16H,1,3-4,6-8,11H2,(H,23,24). The van der Waals surface area contributed by atoms with Crippen LogP contribution >= 0.6 is 23.5 Å². The quantitative estimate of drug-likeness (QED) is 0.667. The maximum atomic E-state index is 10.8. The van der Waals surface area contributed by atoms with Gasteiger partial charge in [0.15, 0.2) is 0 Å². The highest BCUT2D eigenvalue weighted by Gasteiger charge is 2.22. The van der Waals surface area contributed by atoms with Gasteiger partial charge in [-0.1, -0.05) is 18.2 Å². The fourth-order valence-electron chi connectivity index (χ4n) is 3.29. The fourth-order valence-corrected chi connectivity index (χ4v) is 5.63. The van der Waals surface area contributed by atoms with Crippen molar-refractivity contribution in [3.8, 4) is 5.75 Å². The monoisotopic (exact) mass is 401 g/mol. The zero-order valence-corrected chi connectivity index (χ0v) is 16.7. The van der Waals surface area contributed by atoms with Gasteiger partial charge >= 0.3 is 5.97 Å². The van der Waals surface area contributed by atoms with Crippen LogP contribution in [0.3, 0.4) is 0 Å². The Morgan fingerprint density at radius 3 is 2.93 bits per heavy atom. The number of ether oxygens (including phenoxy) is 1. The molecular weight excluding hydrogens is 378 g/mol. The molecule has 4 nitrogen and oxygen atoms in total. The van der Waals surface area contributed by atoms with Crippen molar-refractivity contribution < 1.29 is 14.6 Å². The van der Waals surface area contributed by atoms with Gasteiger partial charge in [0, 0.05) is 27.7 Å².